The number of β-amino-alcohol motifs (C(OH)–C–C–N with tert-alkyl or cyclic N) is 1. The smallest absolute Gasteiger partial charge is 0.317 e. The summed E-state index contributed by atoms with van der Waals surface area (Å²) < 4.78 is 0. The number of piperidine rings is 1. The van der Waals surface area contributed by atoms with E-state index >= 15 is 0 Å². The van der Waals surface area contributed by atoms with Gasteiger partial charge in [-0.1, -0.05) is 26.7 Å². The topological polar surface area (TPSA) is 52.6 Å². The molecule has 2 N–H and O–H groups in total. The van der Waals surface area contributed by atoms with E-state index in [2.05, 4.69) is 19.2 Å². The van der Waals surface area contributed by atoms with Crippen molar-refractivity contribution in [2.24, 2.45) is 5.92 Å². The van der Waals surface area contributed by atoms with Crippen LogP contribution in [0.3, 0.4) is 0 Å². The molecular formula is C15H28N2O2S. The van der Waals surface area contributed by atoms with Gasteiger partial charge < -0.3 is 15.3 Å². The first-order chi connectivity index (χ1) is 9.61. The highest BCUT2D eigenvalue weighted by Gasteiger charge is 2.31. The zero-order valence-electron chi connectivity index (χ0n) is 12.7. The largest absolute Gasteiger partial charge is 0.391 e. The second kappa shape index (κ2) is 7.55. The van der Waals surface area contributed by atoms with Gasteiger partial charge in [-0.15, -0.1) is 0 Å². The van der Waals surface area contributed by atoms with E-state index < -0.39 is 0 Å². The van der Waals surface area contributed by atoms with Crippen LogP contribution in [0.5, 0.6) is 0 Å². The number of aliphatic hydroxyl groups is 1. The molecule has 2 aliphatic rings. The summed E-state index contributed by atoms with van der Waals surface area (Å²) in [7, 11) is 0. The summed E-state index contributed by atoms with van der Waals surface area (Å²) in [5, 5.41) is 13.7. The molecule has 2 fully saturated rings. The first-order valence-corrected chi connectivity index (χ1v) is 9.01. The Morgan fingerprint density at radius 1 is 1.35 bits per heavy atom. The second-order valence-corrected chi connectivity index (χ2v) is 7.63. The second-order valence-electron chi connectivity index (χ2n) is 6.11. The average molecular weight is 300 g/mol. The normalized spacial score (nSPS) is 34.9. The number of aliphatic hydroxyl groups excluding tert-OH is 1. The molecule has 1 aliphatic heterocycles. The van der Waals surface area contributed by atoms with Gasteiger partial charge in [0.15, 0.2) is 0 Å². The van der Waals surface area contributed by atoms with Crippen LogP contribution in [-0.4, -0.2) is 52.3 Å². The molecule has 1 heterocycles. The standard InChI is InChI=1S/C15H28N2O2S/c1-3-20-14-7-5-4-6-12(14)16-15(19)17-9-8-11(2)13(18)10-17/h11-14,18H,3-10H2,1-2H3,(H,16,19). The lowest BCUT2D eigenvalue weighted by atomic mass is 9.94. The number of hydrogen-bond donors (Lipinski definition) is 2. The van der Waals surface area contributed by atoms with E-state index in [-0.39, 0.29) is 12.1 Å². The zero-order chi connectivity index (χ0) is 14.5. The Kier molecular flexibility index (Phi) is 6.02. The summed E-state index contributed by atoms with van der Waals surface area (Å²) in [5.41, 5.74) is 0. The van der Waals surface area contributed by atoms with Crippen LogP contribution in [0, 0.1) is 5.92 Å². The van der Waals surface area contributed by atoms with Gasteiger partial charge in [-0.2, -0.15) is 11.8 Å². The van der Waals surface area contributed by atoms with Crippen molar-refractivity contribution in [3.8, 4) is 0 Å². The SMILES string of the molecule is CCSC1CCCCC1NC(=O)N1CCC(C)C(O)C1. The molecule has 0 spiro atoms. The maximum atomic E-state index is 12.4. The molecule has 0 bridgehead atoms. The molecular weight excluding hydrogens is 272 g/mol. The van der Waals surface area contributed by atoms with E-state index in [0.29, 0.717) is 23.8 Å². The fourth-order valence-corrected chi connectivity index (χ4v) is 4.36. The van der Waals surface area contributed by atoms with Crippen molar-refractivity contribution in [2.75, 3.05) is 18.8 Å². The molecule has 1 saturated heterocycles. The predicted molar refractivity (Wildman–Crippen MR) is 84.1 cm³/mol. The van der Waals surface area contributed by atoms with Crippen molar-refractivity contribution in [1.29, 1.82) is 0 Å². The number of hydrogen-bond acceptors (Lipinski definition) is 3. The van der Waals surface area contributed by atoms with Gasteiger partial charge in [0.25, 0.3) is 0 Å². The van der Waals surface area contributed by atoms with Gasteiger partial charge in [0.05, 0.1) is 6.10 Å². The predicted octanol–water partition coefficient (Wildman–Crippen LogP) is 2.46. The van der Waals surface area contributed by atoms with Crippen molar-refractivity contribution in [3.05, 3.63) is 0 Å². The molecule has 4 atom stereocenters. The molecule has 2 rings (SSSR count). The minimum Gasteiger partial charge on any atom is -0.391 e. The van der Waals surface area contributed by atoms with E-state index in [1.165, 1.54) is 19.3 Å². The van der Waals surface area contributed by atoms with E-state index in [1.54, 1.807) is 4.90 Å². The summed E-state index contributed by atoms with van der Waals surface area (Å²) in [5.74, 6) is 1.41. The van der Waals surface area contributed by atoms with E-state index in [9.17, 15) is 9.90 Å². The Labute approximate surface area is 126 Å². The molecule has 4 unspecified atom stereocenters. The number of thioether (sulfide) groups is 1. The Morgan fingerprint density at radius 2 is 2.10 bits per heavy atom. The monoisotopic (exact) mass is 300 g/mol. The van der Waals surface area contributed by atoms with E-state index in [4.69, 9.17) is 0 Å². The number of nitrogens with zero attached hydrogens (tertiary/aromatic N) is 1. The lowest BCUT2D eigenvalue weighted by Crippen LogP contribution is -2.54. The number of rotatable bonds is 3. The van der Waals surface area contributed by atoms with Crippen molar-refractivity contribution in [3.63, 3.8) is 0 Å². The minimum absolute atomic E-state index is 0.0181. The van der Waals surface area contributed by atoms with Crippen molar-refractivity contribution >= 4 is 17.8 Å². The van der Waals surface area contributed by atoms with Crippen molar-refractivity contribution in [1.82, 2.24) is 10.2 Å². The van der Waals surface area contributed by atoms with Crippen LogP contribution >= 0.6 is 11.8 Å². The zero-order valence-corrected chi connectivity index (χ0v) is 13.5. The van der Waals surface area contributed by atoms with Crippen LogP contribution in [-0.2, 0) is 0 Å². The number of carbonyl (C=O) groups is 1. The van der Waals surface area contributed by atoms with Crippen LogP contribution in [0.15, 0.2) is 0 Å². The minimum atomic E-state index is -0.373. The third-order valence-corrected chi connectivity index (χ3v) is 5.92. The van der Waals surface area contributed by atoms with E-state index in [0.717, 1.165) is 25.1 Å². The average Bonchev–Trinajstić information content (AvgIpc) is 2.44. The first-order valence-electron chi connectivity index (χ1n) is 7.97. The van der Waals surface area contributed by atoms with Gasteiger partial charge in [0, 0.05) is 24.4 Å². The highest BCUT2D eigenvalue weighted by atomic mass is 32.2. The molecule has 0 aromatic rings. The summed E-state index contributed by atoms with van der Waals surface area (Å²) >= 11 is 1.97. The van der Waals surface area contributed by atoms with Gasteiger partial charge >= 0.3 is 6.03 Å². The molecule has 0 aromatic carbocycles. The molecule has 4 nitrogen and oxygen atoms in total. The lowest BCUT2D eigenvalue weighted by Gasteiger charge is -2.37. The maximum Gasteiger partial charge on any atom is 0.317 e. The van der Waals surface area contributed by atoms with Crippen LogP contribution < -0.4 is 5.32 Å². The number of amides is 2. The van der Waals surface area contributed by atoms with Gasteiger partial charge in [-0.25, -0.2) is 4.79 Å². The molecule has 2 amide bonds. The highest BCUT2D eigenvalue weighted by Crippen LogP contribution is 2.29. The Bertz CT molecular complexity index is 325. The van der Waals surface area contributed by atoms with Gasteiger partial charge in [-0.05, 0) is 30.9 Å². The van der Waals surface area contributed by atoms with Crippen molar-refractivity contribution < 1.29 is 9.90 Å². The maximum absolute atomic E-state index is 12.4. The number of nitrogens with one attached hydrogen (secondary N) is 1. The number of urea groups is 1. The Morgan fingerprint density at radius 3 is 2.80 bits per heavy atom. The third-order valence-electron chi connectivity index (χ3n) is 4.60. The molecule has 0 radical (unpaired) electrons. The Balaban J connectivity index is 1.86. The summed E-state index contributed by atoms with van der Waals surface area (Å²) in [4.78, 5) is 14.1. The quantitative estimate of drug-likeness (QED) is 0.842. The summed E-state index contributed by atoms with van der Waals surface area (Å²) in [6, 6.07) is 0.322. The first kappa shape index (κ1) is 16.0. The van der Waals surface area contributed by atoms with E-state index in [1.807, 2.05) is 11.8 Å². The van der Waals surface area contributed by atoms with Crippen LogP contribution in [0.2, 0.25) is 0 Å². The molecule has 1 aliphatic carbocycles. The fraction of sp³-hybridized carbons (Fsp3) is 0.933. The fourth-order valence-electron chi connectivity index (χ4n) is 3.16. The number of likely N-dealkylation sites (tertiary alicyclic amines) is 1. The molecule has 5 heteroatoms. The van der Waals surface area contributed by atoms with Crippen LogP contribution in [0.25, 0.3) is 0 Å². The third kappa shape index (κ3) is 4.04. The summed E-state index contributed by atoms with van der Waals surface area (Å²) in [6.07, 6.45) is 5.32. The van der Waals surface area contributed by atoms with Gasteiger partial charge in [-0.3, -0.25) is 0 Å². The molecule has 1 saturated carbocycles. The van der Waals surface area contributed by atoms with Crippen LogP contribution in [0.1, 0.15) is 46.0 Å². The highest BCUT2D eigenvalue weighted by molar-refractivity contribution is 7.99. The molecule has 0 aromatic heterocycles. The van der Waals surface area contributed by atoms with Crippen molar-refractivity contribution in [2.45, 2.75) is 63.3 Å². The molecule has 20 heavy (non-hydrogen) atoms. The van der Waals surface area contributed by atoms with Crippen LogP contribution in [0.4, 0.5) is 4.79 Å². The van der Waals surface area contributed by atoms with Gasteiger partial charge in [0.2, 0.25) is 0 Å². The lowest BCUT2D eigenvalue weighted by molar-refractivity contribution is 0.0427. The Hall–Kier alpha value is -0.420. The molecule has 116 valence electrons. The summed E-state index contributed by atoms with van der Waals surface area (Å²) in [6.45, 7) is 5.48. The number of carbonyl (C=O) groups excluding carboxylic acids is 1. The van der Waals surface area contributed by atoms with Gasteiger partial charge in [0.1, 0.15) is 0 Å².